The fraction of sp³-hybridized carbons (Fsp3) is 0.750. The average molecular weight is 393 g/mol. The first-order valence-electron chi connectivity index (χ1n) is 7.07. The Morgan fingerprint density at radius 1 is 1.33 bits per heavy atom. The summed E-state index contributed by atoms with van der Waals surface area (Å²) in [5.41, 5.74) is 0.112. The van der Waals surface area contributed by atoms with E-state index in [4.69, 9.17) is 4.52 Å². The van der Waals surface area contributed by atoms with Gasteiger partial charge in [-0.2, -0.15) is 13.2 Å². The predicted molar refractivity (Wildman–Crippen MR) is 82.7 cm³/mol. The fourth-order valence-electron chi connectivity index (χ4n) is 2.56. The van der Waals surface area contributed by atoms with E-state index in [-0.39, 0.29) is 41.8 Å². The van der Waals surface area contributed by atoms with Crippen molar-refractivity contribution in [3.8, 4) is 0 Å². The molecule has 2 heterocycles. The van der Waals surface area contributed by atoms with Gasteiger partial charge in [0.25, 0.3) is 0 Å². The van der Waals surface area contributed by atoms with Crippen molar-refractivity contribution in [3.05, 3.63) is 11.5 Å². The normalized spacial score (nSPS) is 18.2. The molecule has 1 atom stereocenters. The number of halogens is 4. The van der Waals surface area contributed by atoms with E-state index < -0.39 is 28.8 Å². The molecule has 1 aliphatic rings. The van der Waals surface area contributed by atoms with Gasteiger partial charge in [0, 0.05) is 32.7 Å². The van der Waals surface area contributed by atoms with Gasteiger partial charge in [-0.25, -0.2) is 13.1 Å². The van der Waals surface area contributed by atoms with Gasteiger partial charge in [-0.05, 0) is 13.8 Å². The van der Waals surface area contributed by atoms with Crippen LogP contribution < -0.4 is 10.0 Å². The summed E-state index contributed by atoms with van der Waals surface area (Å²) in [5, 5.41) is 6.48. The van der Waals surface area contributed by atoms with Crippen molar-refractivity contribution in [2.24, 2.45) is 0 Å². The molecule has 1 unspecified atom stereocenters. The largest absolute Gasteiger partial charge is 0.405 e. The van der Waals surface area contributed by atoms with Crippen molar-refractivity contribution in [1.29, 1.82) is 0 Å². The van der Waals surface area contributed by atoms with Gasteiger partial charge in [-0.1, -0.05) is 5.16 Å². The minimum Gasteiger partial charge on any atom is -0.360 e. The lowest BCUT2D eigenvalue weighted by Gasteiger charge is -2.35. The number of hydrogen-bond acceptors (Lipinski definition) is 6. The third kappa shape index (κ3) is 4.82. The highest BCUT2D eigenvalue weighted by Gasteiger charge is 2.44. The molecule has 1 aromatic heterocycles. The van der Waals surface area contributed by atoms with Gasteiger partial charge >= 0.3 is 6.18 Å². The van der Waals surface area contributed by atoms with Gasteiger partial charge in [-0.15, -0.1) is 12.4 Å². The fourth-order valence-corrected chi connectivity index (χ4v) is 3.93. The standard InChI is InChI=1S/C12H19F3N4O3S.ClH/c1-8-11(9(2)22-18-8)23(20,21)17-7-10(12(13,14)15)19-5-3-16-4-6-19;/h10,16-17H,3-7H2,1-2H3;1H. The second kappa shape index (κ2) is 8.00. The highest BCUT2D eigenvalue weighted by molar-refractivity contribution is 7.89. The van der Waals surface area contributed by atoms with Crippen LogP contribution in [0, 0.1) is 13.8 Å². The summed E-state index contributed by atoms with van der Waals surface area (Å²) in [4.78, 5) is 1.02. The molecule has 0 spiro atoms. The Morgan fingerprint density at radius 3 is 2.38 bits per heavy atom. The number of piperazine rings is 1. The average Bonchev–Trinajstić information content (AvgIpc) is 2.78. The molecule has 0 bridgehead atoms. The van der Waals surface area contributed by atoms with E-state index in [0.717, 1.165) is 0 Å². The van der Waals surface area contributed by atoms with Crippen molar-refractivity contribution >= 4 is 22.4 Å². The molecule has 1 fully saturated rings. The van der Waals surface area contributed by atoms with E-state index in [1.165, 1.54) is 18.7 Å². The zero-order valence-corrected chi connectivity index (χ0v) is 14.8. The lowest BCUT2D eigenvalue weighted by molar-refractivity contribution is -0.182. The summed E-state index contributed by atoms with van der Waals surface area (Å²) >= 11 is 0. The first-order chi connectivity index (χ1) is 10.6. The number of sulfonamides is 1. The first kappa shape index (κ1) is 21.2. The first-order valence-corrected chi connectivity index (χ1v) is 8.55. The molecule has 24 heavy (non-hydrogen) atoms. The molecule has 140 valence electrons. The monoisotopic (exact) mass is 392 g/mol. The second-order valence-electron chi connectivity index (χ2n) is 5.35. The third-order valence-electron chi connectivity index (χ3n) is 3.67. The Labute approximate surface area is 144 Å². The van der Waals surface area contributed by atoms with Crippen molar-refractivity contribution < 1.29 is 26.1 Å². The summed E-state index contributed by atoms with van der Waals surface area (Å²) < 4.78 is 71.0. The van der Waals surface area contributed by atoms with E-state index in [1.807, 2.05) is 4.72 Å². The zero-order valence-electron chi connectivity index (χ0n) is 13.2. The van der Waals surface area contributed by atoms with E-state index in [9.17, 15) is 21.6 Å². The summed E-state index contributed by atoms with van der Waals surface area (Å²) in [6.45, 7) is 3.34. The van der Waals surface area contributed by atoms with E-state index >= 15 is 0 Å². The molecule has 0 radical (unpaired) electrons. The quantitative estimate of drug-likeness (QED) is 0.771. The molecular weight excluding hydrogens is 373 g/mol. The Kier molecular flexibility index (Phi) is 7.05. The highest BCUT2D eigenvalue weighted by atomic mass is 35.5. The topological polar surface area (TPSA) is 87.5 Å². The number of alkyl halides is 3. The summed E-state index contributed by atoms with van der Waals surface area (Å²) in [6.07, 6.45) is -4.53. The van der Waals surface area contributed by atoms with Crippen LogP contribution in [-0.2, 0) is 10.0 Å². The predicted octanol–water partition coefficient (Wildman–Crippen LogP) is 0.828. The van der Waals surface area contributed by atoms with Crippen LogP contribution in [0.15, 0.2) is 9.42 Å². The Bertz CT molecular complexity index is 625. The Hall–Kier alpha value is -0.880. The molecule has 0 saturated carbocycles. The van der Waals surface area contributed by atoms with Crippen LogP contribution in [-0.4, -0.2) is 63.4 Å². The van der Waals surface area contributed by atoms with Crippen molar-refractivity contribution in [1.82, 2.24) is 20.1 Å². The number of nitrogens with zero attached hydrogens (tertiary/aromatic N) is 2. The van der Waals surface area contributed by atoms with E-state index in [2.05, 4.69) is 10.5 Å². The van der Waals surface area contributed by atoms with Crippen LogP contribution in [0.1, 0.15) is 11.5 Å². The molecule has 1 aromatic rings. The van der Waals surface area contributed by atoms with E-state index in [0.29, 0.717) is 13.1 Å². The lowest BCUT2D eigenvalue weighted by atomic mass is 10.2. The number of hydrogen-bond donors (Lipinski definition) is 2. The third-order valence-corrected chi connectivity index (χ3v) is 5.34. The van der Waals surface area contributed by atoms with Crippen LogP contribution in [0.25, 0.3) is 0 Å². The van der Waals surface area contributed by atoms with Gasteiger partial charge in [0.05, 0.1) is 0 Å². The summed E-state index contributed by atoms with van der Waals surface area (Å²) in [6, 6.07) is -1.88. The number of aromatic nitrogens is 1. The molecule has 1 aliphatic heterocycles. The molecule has 7 nitrogen and oxygen atoms in total. The van der Waals surface area contributed by atoms with Crippen LogP contribution in [0.5, 0.6) is 0 Å². The maximum absolute atomic E-state index is 13.3. The lowest BCUT2D eigenvalue weighted by Crippen LogP contribution is -2.57. The van der Waals surface area contributed by atoms with Gasteiger partial charge in [0.15, 0.2) is 5.76 Å². The molecule has 0 aliphatic carbocycles. The Morgan fingerprint density at radius 2 is 1.92 bits per heavy atom. The van der Waals surface area contributed by atoms with Crippen molar-refractivity contribution in [3.63, 3.8) is 0 Å². The zero-order chi connectivity index (χ0) is 17.3. The van der Waals surface area contributed by atoms with Crippen molar-refractivity contribution in [2.75, 3.05) is 32.7 Å². The number of aryl methyl sites for hydroxylation is 2. The van der Waals surface area contributed by atoms with Crippen molar-refractivity contribution in [2.45, 2.75) is 31.0 Å². The van der Waals surface area contributed by atoms with Crippen LogP contribution in [0.2, 0.25) is 0 Å². The molecular formula is C12H20ClF3N4O3S. The van der Waals surface area contributed by atoms with Gasteiger partial charge in [0.1, 0.15) is 16.6 Å². The number of nitrogens with one attached hydrogen (secondary N) is 2. The maximum atomic E-state index is 13.3. The van der Waals surface area contributed by atoms with Gasteiger partial charge < -0.3 is 9.84 Å². The molecule has 2 N–H and O–H groups in total. The highest BCUT2D eigenvalue weighted by Crippen LogP contribution is 2.26. The summed E-state index contributed by atoms with van der Waals surface area (Å²) in [5.74, 6) is 0.0423. The van der Waals surface area contributed by atoms with Crippen LogP contribution in [0.4, 0.5) is 13.2 Å². The van der Waals surface area contributed by atoms with Gasteiger partial charge in [-0.3, -0.25) is 4.90 Å². The molecule has 2 rings (SSSR count). The maximum Gasteiger partial charge on any atom is 0.405 e. The van der Waals surface area contributed by atoms with E-state index in [1.54, 1.807) is 0 Å². The van der Waals surface area contributed by atoms with Crippen LogP contribution in [0.3, 0.4) is 0 Å². The molecule has 0 aromatic carbocycles. The minimum atomic E-state index is -4.53. The minimum absolute atomic E-state index is 0. The SMILES string of the molecule is Cc1noc(C)c1S(=O)(=O)NCC(N1CCNCC1)C(F)(F)F.Cl. The molecule has 0 amide bonds. The molecule has 1 saturated heterocycles. The summed E-state index contributed by atoms with van der Waals surface area (Å²) in [7, 11) is -4.12. The molecule has 12 heteroatoms. The second-order valence-corrected chi connectivity index (χ2v) is 7.05. The van der Waals surface area contributed by atoms with Gasteiger partial charge in [0.2, 0.25) is 10.0 Å². The van der Waals surface area contributed by atoms with Crippen LogP contribution >= 0.6 is 12.4 Å². The number of rotatable bonds is 5. The smallest absolute Gasteiger partial charge is 0.360 e. The Balaban J connectivity index is 0.00000288.